The van der Waals surface area contributed by atoms with Gasteiger partial charge in [-0.2, -0.15) is 0 Å². The van der Waals surface area contributed by atoms with Crippen LogP contribution in [-0.4, -0.2) is 16.4 Å². The Morgan fingerprint density at radius 2 is 1.77 bits per heavy atom. The Morgan fingerprint density at radius 1 is 1.00 bits per heavy atom. The Balaban J connectivity index is 1.66. The molecule has 0 bridgehead atoms. The van der Waals surface area contributed by atoms with Crippen molar-refractivity contribution in [2.75, 3.05) is 6.54 Å². The molecule has 3 aromatic rings. The fourth-order valence-corrected chi connectivity index (χ4v) is 3.54. The quantitative estimate of drug-likeness (QED) is 0.695. The third kappa shape index (κ3) is 2.49. The molecule has 1 aliphatic rings. The molecule has 1 aliphatic heterocycles. The number of hydrogen-bond donors (Lipinski definition) is 0. The normalized spacial score (nSPS) is 15.0. The molecule has 0 fully saturated rings. The molecular formula is C19H17ClN2. The van der Waals surface area contributed by atoms with Gasteiger partial charge in [-0.05, 0) is 23.6 Å². The zero-order chi connectivity index (χ0) is 14.9. The van der Waals surface area contributed by atoms with Gasteiger partial charge in [-0.3, -0.25) is 9.88 Å². The molecule has 0 amide bonds. The monoisotopic (exact) mass is 308 g/mol. The lowest BCUT2D eigenvalue weighted by Gasteiger charge is -2.29. The second-order valence-corrected chi connectivity index (χ2v) is 6.19. The van der Waals surface area contributed by atoms with E-state index < -0.39 is 0 Å². The Bertz CT molecular complexity index is 814. The summed E-state index contributed by atoms with van der Waals surface area (Å²) in [5.74, 6) is 0. The summed E-state index contributed by atoms with van der Waals surface area (Å²) in [4.78, 5) is 7.28. The summed E-state index contributed by atoms with van der Waals surface area (Å²) < 4.78 is 0. The van der Waals surface area contributed by atoms with E-state index in [4.69, 9.17) is 16.6 Å². The van der Waals surface area contributed by atoms with Crippen molar-refractivity contribution in [1.29, 1.82) is 0 Å². The van der Waals surface area contributed by atoms with Crippen molar-refractivity contribution in [1.82, 2.24) is 9.88 Å². The lowest BCUT2D eigenvalue weighted by molar-refractivity contribution is 0.242. The molecule has 22 heavy (non-hydrogen) atoms. The maximum absolute atomic E-state index is 6.61. The van der Waals surface area contributed by atoms with Gasteiger partial charge in [-0.15, -0.1) is 0 Å². The van der Waals surface area contributed by atoms with Crippen molar-refractivity contribution in [3.63, 3.8) is 0 Å². The first-order valence-corrected chi connectivity index (χ1v) is 8.01. The van der Waals surface area contributed by atoms with Gasteiger partial charge in [0.05, 0.1) is 16.2 Å². The van der Waals surface area contributed by atoms with E-state index in [1.165, 1.54) is 11.1 Å². The molecule has 2 aromatic carbocycles. The van der Waals surface area contributed by atoms with E-state index in [2.05, 4.69) is 41.3 Å². The second-order valence-electron chi connectivity index (χ2n) is 5.81. The van der Waals surface area contributed by atoms with Crippen LogP contribution in [0.5, 0.6) is 0 Å². The Kier molecular flexibility index (Phi) is 3.57. The van der Waals surface area contributed by atoms with Crippen LogP contribution in [0.1, 0.15) is 16.8 Å². The van der Waals surface area contributed by atoms with Gasteiger partial charge in [0.15, 0.2) is 0 Å². The SMILES string of the molecule is Clc1c2c(nc3ccccc13)CN(Cc1ccccc1)CC2. The van der Waals surface area contributed by atoms with Crippen LogP contribution in [0.3, 0.4) is 0 Å². The number of benzene rings is 2. The molecule has 0 aliphatic carbocycles. The van der Waals surface area contributed by atoms with Gasteiger partial charge in [0.2, 0.25) is 0 Å². The van der Waals surface area contributed by atoms with Crippen LogP contribution in [0.15, 0.2) is 54.6 Å². The van der Waals surface area contributed by atoms with Gasteiger partial charge in [0.1, 0.15) is 0 Å². The van der Waals surface area contributed by atoms with E-state index in [0.29, 0.717) is 0 Å². The molecule has 0 saturated heterocycles. The van der Waals surface area contributed by atoms with E-state index in [9.17, 15) is 0 Å². The molecule has 0 radical (unpaired) electrons. The van der Waals surface area contributed by atoms with Gasteiger partial charge in [-0.25, -0.2) is 0 Å². The van der Waals surface area contributed by atoms with E-state index in [0.717, 1.165) is 47.7 Å². The van der Waals surface area contributed by atoms with E-state index in [1.54, 1.807) is 0 Å². The molecular weight excluding hydrogens is 292 g/mol. The van der Waals surface area contributed by atoms with Crippen molar-refractivity contribution in [3.8, 4) is 0 Å². The number of aromatic nitrogens is 1. The summed E-state index contributed by atoms with van der Waals surface area (Å²) in [6.07, 6.45) is 0.971. The van der Waals surface area contributed by atoms with Crippen LogP contribution in [0, 0.1) is 0 Å². The second kappa shape index (κ2) is 5.71. The Morgan fingerprint density at radius 3 is 2.64 bits per heavy atom. The molecule has 3 heteroatoms. The number of pyridine rings is 1. The number of hydrogen-bond acceptors (Lipinski definition) is 2. The topological polar surface area (TPSA) is 16.1 Å². The van der Waals surface area contributed by atoms with Gasteiger partial charge < -0.3 is 0 Å². The maximum Gasteiger partial charge on any atom is 0.0721 e. The Hall–Kier alpha value is -1.90. The lowest BCUT2D eigenvalue weighted by atomic mass is 10.0. The molecule has 110 valence electrons. The summed E-state index contributed by atoms with van der Waals surface area (Å²) >= 11 is 6.61. The third-order valence-corrected chi connectivity index (χ3v) is 4.74. The summed E-state index contributed by atoms with van der Waals surface area (Å²) in [6.45, 7) is 2.86. The average Bonchev–Trinajstić information content (AvgIpc) is 2.56. The predicted molar refractivity (Wildman–Crippen MR) is 91.0 cm³/mol. The zero-order valence-corrected chi connectivity index (χ0v) is 13.1. The van der Waals surface area contributed by atoms with Gasteiger partial charge in [0, 0.05) is 25.0 Å². The van der Waals surface area contributed by atoms with Crippen LogP contribution in [0.2, 0.25) is 5.02 Å². The van der Waals surface area contributed by atoms with Crippen molar-refractivity contribution in [2.45, 2.75) is 19.5 Å². The number of fused-ring (bicyclic) bond motifs is 2. The minimum atomic E-state index is 0.870. The largest absolute Gasteiger partial charge is 0.293 e. The van der Waals surface area contributed by atoms with Crippen LogP contribution < -0.4 is 0 Å². The maximum atomic E-state index is 6.61. The molecule has 1 aromatic heterocycles. The van der Waals surface area contributed by atoms with Crippen LogP contribution >= 0.6 is 11.6 Å². The first kappa shape index (κ1) is 13.7. The molecule has 0 spiro atoms. The highest BCUT2D eigenvalue weighted by atomic mass is 35.5. The number of para-hydroxylation sites is 1. The molecule has 0 N–H and O–H groups in total. The fourth-order valence-electron chi connectivity index (χ4n) is 3.18. The first-order valence-electron chi connectivity index (χ1n) is 7.63. The molecule has 0 atom stereocenters. The number of halogens is 1. The summed E-state index contributed by atoms with van der Waals surface area (Å²) in [6, 6.07) is 18.7. The average molecular weight is 309 g/mol. The van der Waals surface area contributed by atoms with E-state index >= 15 is 0 Å². The molecule has 0 unspecified atom stereocenters. The minimum Gasteiger partial charge on any atom is -0.293 e. The molecule has 0 saturated carbocycles. The summed E-state index contributed by atoms with van der Waals surface area (Å²) in [5.41, 5.74) is 4.70. The highest BCUT2D eigenvalue weighted by molar-refractivity contribution is 6.36. The zero-order valence-electron chi connectivity index (χ0n) is 12.3. The van der Waals surface area contributed by atoms with Crippen molar-refractivity contribution in [3.05, 3.63) is 76.4 Å². The molecule has 4 rings (SSSR count). The van der Waals surface area contributed by atoms with Crippen molar-refractivity contribution in [2.24, 2.45) is 0 Å². The van der Waals surface area contributed by atoms with Crippen molar-refractivity contribution < 1.29 is 0 Å². The summed E-state index contributed by atoms with van der Waals surface area (Å²) in [7, 11) is 0. The highest BCUT2D eigenvalue weighted by Gasteiger charge is 2.21. The van der Waals surface area contributed by atoms with Crippen molar-refractivity contribution >= 4 is 22.5 Å². The van der Waals surface area contributed by atoms with Gasteiger partial charge in [-0.1, -0.05) is 60.1 Å². The fraction of sp³-hybridized carbons (Fsp3) is 0.211. The first-order chi connectivity index (χ1) is 10.8. The highest BCUT2D eigenvalue weighted by Crippen LogP contribution is 2.31. The molecule has 2 nitrogen and oxygen atoms in total. The minimum absolute atomic E-state index is 0.870. The van der Waals surface area contributed by atoms with Gasteiger partial charge in [0.25, 0.3) is 0 Å². The molecule has 2 heterocycles. The van der Waals surface area contributed by atoms with E-state index in [1.807, 2.05) is 18.2 Å². The smallest absolute Gasteiger partial charge is 0.0721 e. The van der Waals surface area contributed by atoms with Crippen LogP contribution in [0.4, 0.5) is 0 Å². The standard InChI is InChI=1S/C19H17ClN2/c20-19-15-8-4-5-9-17(15)21-18-13-22(11-10-16(18)19)12-14-6-2-1-3-7-14/h1-9H,10-13H2. The van der Waals surface area contributed by atoms with Crippen LogP contribution in [-0.2, 0) is 19.5 Å². The van der Waals surface area contributed by atoms with Gasteiger partial charge >= 0.3 is 0 Å². The lowest BCUT2D eigenvalue weighted by Crippen LogP contribution is -2.31. The van der Waals surface area contributed by atoms with Crippen LogP contribution in [0.25, 0.3) is 10.9 Å². The number of rotatable bonds is 2. The third-order valence-electron chi connectivity index (χ3n) is 4.31. The number of nitrogens with zero attached hydrogens (tertiary/aromatic N) is 2. The summed E-state index contributed by atoms with van der Waals surface area (Å²) in [5, 5.41) is 1.96. The van der Waals surface area contributed by atoms with E-state index in [-0.39, 0.29) is 0 Å². The predicted octanol–water partition coefficient (Wildman–Crippen LogP) is 4.45. The Labute approximate surface area is 135 Å².